The first-order valence-electron chi connectivity index (χ1n) is 13.2. The first kappa shape index (κ1) is 29.4. The van der Waals surface area contributed by atoms with Crippen LogP contribution in [-0.4, -0.2) is 75.7 Å². The van der Waals surface area contributed by atoms with Crippen molar-refractivity contribution in [3.8, 4) is 11.5 Å². The van der Waals surface area contributed by atoms with E-state index in [1.807, 2.05) is 59.5 Å². The minimum atomic E-state index is -0.368. The largest absolute Gasteiger partial charge is 0.493 e. The summed E-state index contributed by atoms with van der Waals surface area (Å²) in [4.78, 5) is 29.0. The number of esters is 1. The smallest absolute Gasteiger partial charge is 0.337 e. The molecule has 1 saturated heterocycles. The number of nitrogens with zero attached hydrogens (tertiary/aromatic N) is 2. The number of ether oxygens (including phenoxy) is 4. The van der Waals surface area contributed by atoms with Gasteiger partial charge in [-0.1, -0.05) is 41.9 Å². The van der Waals surface area contributed by atoms with Gasteiger partial charge < -0.3 is 23.8 Å². The van der Waals surface area contributed by atoms with Gasteiger partial charge in [0.15, 0.2) is 11.5 Å². The number of piperazine rings is 1. The van der Waals surface area contributed by atoms with Crippen LogP contribution >= 0.6 is 11.6 Å². The van der Waals surface area contributed by atoms with Gasteiger partial charge in [-0.05, 0) is 53.1 Å². The van der Waals surface area contributed by atoms with Crippen molar-refractivity contribution in [1.29, 1.82) is 0 Å². The van der Waals surface area contributed by atoms with Crippen molar-refractivity contribution in [1.82, 2.24) is 9.80 Å². The fraction of sp³-hybridized carbons (Fsp3) is 0.355. The van der Waals surface area contributed by atoms with E-state index < -0.39 is 0 Å². The Labute approximate surface area is 240 Å². The molecule has 212 valence electrons. The molecule has 40 heavy (non-hydrogen) atoms. The maximum Gasteiger partial charge on any atom is 0.337 e. The van der Waals surface area contributed by atoms with Crippen LogP contribution in [-0.2, 0) is 27.3 Å². The molecule has 0 radical (unpaired) electrons. The van der Waals surface area contributed by atoms with Crippen molar-refractivity contribution in [2.45, 2.75) is 19.1 Å². The molecule has 3 aromatic carbocycles. The monoisotopic (exact) mass is 566 g/mol. The predicted octanol–water partition coefficient (Wildman–Crippen LogP) is 4.79. The Kier molecular flexibility index (Phi) is 10.4. The number of hydrogen-bond donors (Lipinski definition) is 0. The van der Waals surface area contributed by atoms with E-state index in [9.17, 15) is 9.59 Å². The van der Waals surface area contributed by atoms with Crippen LogP contribution in [0.25, 0.3) is 0 Å². The van der Waals surface area contributed by atoms with Crippen LogP contribution in [0, 0.1) is 0 Å². The predicted molar refractivity (Wildman–Crippen MR) is 153 cm³/mol. The Hall–Kier alpha value is -3.59. The molecule has 1 aliphatic heterocycles. The lowest BCUT2D eigenvalue weighted by atomic mass is 10.1. The Bertz CT molecular complexity index is 1270. The number of hydrogen-bond acceptors (Lipinski definition) is 7. The third-order valence-corrected chi connectivity index (χ3v) is 7.27. The second-order valence-electron chi connectivity index (χ2n) is 9.59. The number of methoxy groups -OCH3 is 3. The first-order valence-corrected chi connectivity index (χ1v) is 13.5. The lowest BCUT2D eigenvalue weighted by Gasteiger charge is -2.36. The van der Waals surface area contributed by atoms with Crippen LogP contribution in [0.5, 0.6) is 11.5 Å². The lowest BCUT2D eigenvalue weighted by Crippen LogP contribution is -2.50. The minimum Gasteiger partial charge on any atom is -0.493 e. The topological polar surface area (TPSA) is 77.5 Å². The van der Waals surface area contributed by atoms with Crippen molar-refractivity contribution >= 4 is 23.5 Å². The van der Waals surface area contributed by atoms with Crippen LogP contribution < -0.4 is 9.47 Å². The van der Waals surface area contributed by atoms with Crippen LogP contribution in [0.2, 0.25) is 5.02 Å². The first-order chi connectivity index (χ1) is 19.4. The van der Waals surface area contributed by atoms with E-state index in [1.165, 1.54) is 7.11 Å². The Morgan fingerprint density at radius 1 is 0.825 bits per heavy atom. The summed E-state index contributed by atoms with van der Waals surface area (Å²) in [7, 11) is 4.54. The van der Waals surface area contributed by atoms with Gasteiger partial charge in [0.05, 0.1) is 46.0 Å². The van der Waals surface area contributed by atoms with Crippen LogP contribution in [0.1, 0.15) is 33.2 Å². The summed E-state index contributed by atoms with van der Waals surface area (Å²) in [5.74, 6) is 0.980. The zero-order valence-corrected chi connectivity index (χ0v) is 23.9. The molecule has 0 bridgehead atoms. The van der Waals surface area contributed by atoms with Crippen molar-refractivity contribution < 1.29 is 28.5 Å². The summed E-state index contributed by atoms with van der Waals surface area (Å²) in [6.07, 6.45) is 0.123. The molecule has 0 aliphatic carbocycles. The van der Waals surface area contributed by atoms with E-state index in [0.717, 1.165) is 29.8 Å². The van der Waals surface area contributed by atoms with Crippen LogP contribution in [0.3, 0.4) is 0 Å². The summed E-state index contributed by atoms with van der Waals surface area (Å²) in [5, 5.41) is 0.669. The lowest BCUT2D eigenvalue weighted by molar-refractivity contribution is -0.132. The normalized spacial score (nSPS) is 14.4. The van der Waals surface area contributed by atoms with E-state index >= 15 is 0 Å². The van der Waals surface area contributed by atoms with Gasteiger partial charge in [0, 0.05) is 37.7 Å². The maximum absolute atomic E-state index is 13.0. The standard InChI is InChI=1S/C31H35ClN2O6/c1-37-27-13-6-23(18-28(27)38-2)19-30(35)34-16-14-33(15-17-34)20-29(24-9-11-26(32)12-10-24)40-21-22-4-7-25(8-5-22)31(36)39-3/h4-13,18,29H,14-17,19-21H2,1-3H3. The molecule has 0 spiro atoms. The van der Waals surface area contributed by atoms with Crippen molar-refractivity contribution in [2.75, 3.05) is 54.1 Å². The van der Waals surface area contributed by atoms with E-state index in [0.29, 0.717) is 54.7 Å². The van der Waals surface area contributed by atoms with Gasteiger partial charge in [-0.15, -0.1) is 0 Å². The molecule has 4 rings (SSSR count). The summed E-state index contributed by atoms with van der Waals surface area (Å²) < 4.78 is 21.8. The molecule has 8 nitrogen and oxygen atoms in total. The summed E-state index contributed by atoms with van der Waals surface area (Å²) in [5.41, 5.74) is 3.37. The van der Waals surface area contributed by atoms with E-state index in [2.05, 4.69) is 4.90 Å². The van der Waals surface area contributed by atoms with Gasteiger partial charge in [-0.25, -0.2) is 4.79 Å². The molecule has 9 heteroatoms. The highest BCUT2D eigenvalue weighted by atomic mass is 35.5. The van der Waals surface area contributed by atoms with E-state index in [1.54, 1.807) is 26.4 Å². The summed E-state index contributed by atoms with van der Waals surface area (Å²) >= 11 is 6.13. The molecule has 1 unspecified atom stereocenters. The molecule has 1 heterocycles. The van der Waals surface area contributed by atoms with Crippen molar-refractivity contribution in [3.05, 3.63) is 94.0 Å². The van der Waals surface area contributed by atoms with Gasteiger partial charge in [0.25, 0.3) is 0 Å². The van der Waals surface area contributed by atoms with Gasteiger partial charge in [0.2, 0.25) is 5.91 Å². The molecule has 1 atom stereocenters. The number of carbonyl (C=O) groups is 2. The SMILES string of the molecule is COC(=O)c1ccc(COC(CN2CCN(C(=O)Cc3ccc(OC)c(OC)c3)CC2)c2ccc(Cl)cc2)cc1. The fourth-order valence-electron chi connectivity index (χ4n) is 4.67. The van der Waals surface area contributed by atoms with Gasteiger partial charge >= 0.3 is 5.97 Å². The minimum absolute atomic E-state index is 0.0905. The Balaban J connectivity index is 1.34. The average molecular weight is 567 g/mol. The summed E-state index contributed by atoms with van der Waals surface area (Å²) in [6.45, 7) is 3.86. The van der Waals surface area contributed by atoms with Gasteiger partial charge in [0.1, 0.15) is 0 Å². The zero-order chi connectivity index (χ0) is 28.5. The molecule has 1 aliphatic rings. The highest BCUT2D eigenvalue weighted by Crippen LogP contribution is 2.28. The van der Waals surface area contributed by atoms with Crippen LogP contribution in [0.15, 0.2) is 66.7 Å². The number of carbonyl (C=O) groups excluding carboxylic acids is 2. The molecule has 0 saturated carbocycles. The molecule has 0 N–H and O–H groups in total. The third-order valence-electron chi connectivity index (χ3n) is 7.02. The van der Waals surface area contributed by atoms with Gasteiger partial charge in [-0.3, -0.25) is 9.69 Å². The second kappa shape index (κ2) is 14.2. The molecule has 1 amide bonds. The molecule has 3 aromatic rings. The third kappa shape index (κ3) is 7.75. The van der Waals surface area contributed by atoms with Crippen molar-refractivity contribution in [3.63, 3.8) is 0 Å². The number of amides is 1. The molecular formula is C31H35ClN2O6. The van der Waals surface area contributed by atoms with Crippen LogP contribution in [0.4, 0.5) is 0 Å². The number of rotatable bonds is 11. The average Bonchev–Trinajstić information content (AvgIpc) is 2.99. The molecule has 0 aromatic heterocycles. The highest BCUT2D eigenvalue weighted by molar-refractivity contribution is 6.30. The summed E-state index contributed by atoms with van der Waals surface area (Å²) in [6, 6.07) is 20.5. The number of halogens is 1. The molecular weight excluding hydrogens is 532 g/mol. The quantitative estimate of drug-likeness (QED) is 0.309. The van der Waals surface area contributed by atoms with Gasteiger partial charge in [-0.2, -0.15) is 0 Å². The fourth-order valence-corrected chi connectivity index (χ4v) is 4.80. The van der Waals surface area contributed by atoms with E-state index in [-0.39, 0.29) is 18.0 Å². The highest BCUT2D eigenvalue weighted by Gasteiger charge is 2.25. The Morgan fingerprint density at radius 3 is 2.10 bits per heavy atom. The molecule has 1 fully saturated rings. The maximum atomic E-state index is 13.0. The Morgan fingerprint density at radius 2 is 1.48 bits per heavy atom. The van der Waals surface area contributed by atoms with Crippen molar-refractivity contribution in [2.24, 2.45) is 0 Å². The zero-order valence-electron chi connectivity index (χ0n) is 23.1. The van der Waals surface area contributed by atoms with E-state index in [4.69, 9.17) is 30.5 Å². The number of benzene rings is 3. The second-order valence-corrected chi connectivity index (χ2v) is 10.0.